The van der Waals surface area contributed by atoms with Crippen molar-refractivity contribution in [3.63, 3.8) is 0 Å². The van der Waals surface area contributed by atoms with E-state index in [1.54, 1.807) is 36.4 Å². The quantitative estimate of drug-likeness (QED) is 0.431. The van der Waals surface area contributed by atoms with Crippen LogP contribution < -0.4 is 21.3 Å². The van der Waals surface area contributed by atoms with Crippen LogP contribution in [0.4, 0.5) is 4.39 Å². The first-order chi connectivity index (χ1) is 17.3. The SMILES string of the molecule is COc1cccc(Cn2c(=O)c(C(=O)NCc3ccc(F)cc3)nn(-c3ccc(C)c(C)c3)c2=O)c1. The monoisotopic (exact) mass is 488 g/mol. The van der Waals surface area contributed by atoms with E-state index in [-0.39, 0.29) is 13.1 Å². The Morgan fingerprint density at radius 2 is 1.72 bits per heavy atom. The van der Waals surface area contributed by atoms with E-state index in [1.807, 2.05) is 19.9 Å². The van der Waals surface area contributed by atoms with Gasteiger partial charge < -0.3 is 10.1 Å². The van der Waals surface area contributed by atoms with E-state index in [0.29, 0.717) is 22.6 Å². The smallest absolute Gasteiger partial charge is 0.352 e. The molecule has 0 aliphatic rings. The summed E-state index contributed by atoms with van der Waals surface area (Å²) in [6, 6.07) is 17.9. The number of hydrogen-bond acceptors (Lipinski definition) is 5. The van der Waals surface area contributed by atoms with E-state index >= 15 is 0 Å². The Morgan fingerprint density at radius 1 is 0.972 bits per heavy atom. The molecule has 0 saturated heterocycles. The summed E-state index contributed by atoms with van der Waals surface area (Å²) in [6.07, 6.45) is 0. The molecule has 3 aromatic carbocycles. The van der Waals surface area contributed by atoms with E-state index in [1.165, 1.54) is 31.4 Å². The van der Waals surface area contributed by atoms with Crippen molar-refractivity contribution in [3.05, 3.63) is 121 Å². The summed E-state index contributed by atoms with van der Waals surface area (Å²) < 4.78 is 20.5. The van der Waals surface area contributed by atoms with Crippen molar-refractivity contribution < 1.29 is 13.9 Å². The molecule has 1 N–H and O–H groups in total. The normalized spacial score (nSPS) is 10.8. The summed E-state index contributed by atoms with van der Waals surface area (Å²) in [4.78, 5) is 39.7. The van der Waals surface area contributed by atoms with Gasteiger partial charge in [-0.3, -0.25) is 14.2 Å². The number of rotatable bonds is 7. The Morgan fingerprint density at radius 3 is 2.42 bits per heavy atom. The van der Waals surface area contributed by atoms with Gasteiger partial charge in [0.05, 0.1) is 19.3 Å². The molecule has 0 aliphatic carbocycles. The summed E-state index contributed by atoms with van der Waals surface area (Å²) in [5.41, 5.74) is 1.73. The minimum absolute atomic E-state index is 0.0544. The number of ether oxygens (including phenoxy) is 1. The zero-order valence-corrected chi connectivity index (χ0v) is 20.1. The van der Waals surface area contributed by atoms with Crippen LogP contribution in [0.15, 0.2) is 76.3 Å². The summed E-state index contributed by atoms with van der Waals surface area (Å²) in [6.45, 7) is 3.80. The summed E-state index contributed by atoms with van der Waals surface area (Å²) in [5.74, 6) is -0.574. The van der Waals surface area contributed by atoms with Crippen molar-refractivity contribution in [2.24, 2.45) is 0 Å². The summed E-state index contributed by atoms with van der Waals surface area (Å²) >= 11 is 0. The molecule has 9 heteroatoms. The molecule has 0 bridgehead atoms. The number of halogens is 1. The number of aryl methyl sites for hydroxylation is 2. The highest BCUT2D eigenvalue weighted by atomic mass is 19.1. The first-order valence-corrected chi connectivity index (χ1v) is 11.2. The molecule has 4 aromatic rings. The van der Waals surface area contributed by atoms with Gasteiger partial charge in [-0.2, -0.15) is 9.78 Å². The van der Waals surface area contributed by atoms with Crippen molar-refractivity contribution >= 4 is 5.91 Å². The molecule has 1 aromatic heterocycles. The van der Waals surface area contributed by atoms with Gasteiger partial charge in [-0.25, -0.2) is 9.18 Å². The molecule has 1 amide bonds. The van der Waals surface area contributed by atoms with Gasteiger partial charge in [0.1, 0.15) is 11.6 Å². The fourth-order valence-electron chi connectivity index (χ4n) is 3.64. The lowest BCUT2D eigenvalue weighted by atomic mass is 10.1. The third-order valence-electron chi connectivity index (χ3n) is 5.85. The molecular formula is C27H25FN4O4. The molecule has 0 unspecified atom stereocenters. The Labute approximate surface area is 206 Å². The van der Waals surface area contributed by atoms with E-state index in [0.717, 1.165) is 20.4 Å². The average molecular weight is 489 g/mol. The Kier molecular flexibility index (Phi) is 7.10. The maximum atomic E-state index is 13.4. The molecule has 184 valence electrons. The van der Waals surface area contributed by atoms with Gasteiger partial charge in [-0.1, -0.05) is 30.3 Å². The second kappa shape index (κ2) is 10.4. The highest BCUT2D eigenvalue weighted by Gasteiger charge is 2.21. The second-order valence-electron chi connectivity index (χ2n) is 8.36. The van der Waals surface area contributed by atoms with Gasteiger partial charge in [-0.15, -0.1) is 0 Å². The van der Waals surface area contributed by atoms with Crippen molar-refractivity contribution in [1.82, 2.24) is 19.7 Å². The summed E-state index contributed by atoms with van der Waals surface area (Å²) in [7, 11) is 1.52. The molecule has 0 spiro atoms. The fourth-order valence-corrected chi connectivity index (χ4v) is 3.64. The number of benzene rings is 3. The highest BCUT2D eigenvalue weighted by molar-refractivity contribution is 5.91. The standard InChI is InChI=1S/C27H25FN4O4/c1-17-7-12-22(13-18(17)2)32-27(35)31(16-20-5-4-6-23(14-20)36-3)26(34)24(30-32)25(33)29-15-19-8-10-21(28)11-9-19/h4-14H,15-16H2,1-3H3,(H,29,33). The number of hydrogen-bond donors (Lipinski definition) is 1. The van der Waals surface area contributed by atoms with Crippen molar-refractivity contribution in [3.8, 4) is 11.4 Å². The number of nitrogens with zero attached hydrogens (tertiary/aromatic N) is 3. The number of methoxy groups -OCH3 is 1. The lowest BCUT2D eigenvalue weighted by Gasteiger charge is -2.13. The molecule has 0 radical (unpaired) electrons. The Bertz CT molecular complexity index is 1540. The highest BCUT2D eigenvalue weighted by Crippen LogP contribution is 2.14. The van der Waals surface area contributed by atoms with Gasteiger partial charge in [0.25, 0.3) is 11.5 Å². The zero-order chi connectivity index (χ0) is 25.8. The van der Waals surface area contributed by atoms with Crippen LogP contribution in [-0.2, 0) is 13.1 Å². The van der Waals surface area contributed by atoms with Gasteiger partial charge >= 0.3 is 5.69 Å². The molecule has 0 atom stereocenters. The van der Waals surface area contributed by atoms with Crippen molar-refractivity contribution in [2.45, 2.75) is 26.9 Å². The van der Waals surface area contributed by atoms with Crippen LogP contribution in [0.5, 0.6) is 5.75 Å². The molecule has 36 heavy (non-hydrogen) atoms. The lowest BCUT2D eigenvalue weighted by Crippen LogP contribution is -2.46. The number of aromatic nitrogens is 3. The van der Waals surface area contributed by atoms with Gasteiger partial charge in [0.15, 0.2) is 0 Å². The number of carbonyl (C=O) groups excluding carboxylic acids is 1. The molecule has 4 rings (SSSR count). The number of carbonyl (C=O) groups is 1. The molecule has 0 saturated carbocycles. The van der Waals surface area contributed by atoms with Crippen LogP contribution in [0, 0.1) is 19.7 Å². The van der Waals surface area contributed by atoms with Crippen LogP contribution in [0.1, 0.15) is 32.7 Å². The van der Waals surface area contributed by atoms with Gasteiger partial charge in [-0.05, 0) is 72.5 Å². The Balaban J connectivity index is 1.78. The predicted molar refractivity (Wildman–Crippen MR) is 133 cm³/mol. The molecule has 0 fully saturated rings. The van der Waals surface area contributed by atoms with Crippen LogP contribution in [0.25, 0.3) is 5.69 Å². The minimum Gasteiger partial charge on any atom is -0.497 e. The maximum absolute atomic E-state index is 13.4. The molecule has 0 aliphatic heterocycles. The number of amides is 1. The van der Waals surface area contributed by atoms with E-state index in [2.05, 4.69) is 10.4 Å². The molecular weight excluding hydrogens is 463 g/mol. The zero-order valence-electron chi connectivity index (χ0n) is 20.1. The first kappa shape index (κ1) is 24.6. The van der Waals surface area contributed by atoms with Gasteiger partial charge in [0.2, 0.25) is 5.69 Å². The van der Waals surface area contributed by atoms with E-state index in [9.17, 15) is 18.8 Å². The van der Waals surface area contributed by atoms with E-state index in [4.69, 9.17) is 4.74 Å². The molecule has 8 nitrogen and oxygen atoms in total. The third-order valence-corrected chi connectivity index (χ3v) is 5.85. The van der Waals surface area contributed by atoms with Crippen LogP contribution >= 0.6 is 0 Å². The third kappa shape index (κ3) is 5.25. The predicted octanol–water partition coefficient (Wildman–Crippen LogP) is 3.14. The summed E-state index contributed by atoms with van der Waals surface area (Å²) in [5, 5.41) is 6.78. The van der Waals surface area contributed by atoms with Gasteiger partial charge in [0, 0.05) is 6.54 Å². The minimum atomic E-state index is -0.820. The second-order valence-corrected chi connectivity index (χ2v) is 8.36. The van der Waals surface area contributed by atoms with Crippen molar-refractivity contribution in [1.29, 1.82) is 0 Å². The average Bonchev–Trinajstić information content (AvgIpc) is 2.88. The maximum Gasteiger partial charge on any atom is 0.352 e. The Hall–Kier alpha value is -4.53. The first-order valence-electron chi connectivity index (χ1n) is 11.2. The topological polar surface area (TPSA) is 95.2 Å². The largest absolute Gasteiger partial charge is 0.497 e. The van der Waals surface area contributed by atoms with Crippen LogP contribution in [0.3, 0.4) is 0 Å². The number of nitrogens with one attached hydrogen (secondary N) is 1. The van der Waals surface area contributed by atoms with Crippen molar-refractivity contribution in [2.75, 3.05) is 7.11 Å². The molecule has 1 heterocycles. The van der Waals surface area contributed by atoms with Crippen LogP contribution in [0.2, 0.25) is 0 Å². The fraction of sp³-hybridized carbons (Fsp3) is 0.185. The van der Waals surface area contributed by atoms with E-state index < -0.39 is 28.7 Å². The lowest BCUT2D eigenvalue weighted by molar-refractivity contribution is 0.0941. The van der Waals surface area contributed by atoms with Crippen LogP contribution in [-0.4, -0.2) is 27.4 Å².